The van der Waals surface area contributed by atoms with E-state index in [4.69, 9.17) is 4.74 Å². The number of ether oxygens (including phenoxy) is 1. The third kappa shape index (κ3) is 5.26. The van der Waals surface area contributed by atoms with E-state index >= 15 is 0 Å². The van der Waals surface area contributed by atoms with Crippen LogP contribution in [0.15, 0.2) is 53.4 Å². The Balaban J connectivity index is 1.73. The van der Waals surface area contributed by atoms with Crippen molar-refractivity contribution in [3.05, 3.63) is 59.9 Å². The van der Waals surface area contributed by atoms with Crippen molar-refractivity contribution in [1.82, 2.24) is 9.21 Å². The zero-order chi connectivity index (χ0) is 23.3. The number of carbonyl (C=O) groups excluding carboxylic acids is 1. The Bertz CT molecular complexity index is 1100. The molecule has 3 rings (SSSR count). The fourth-order valence-corrected chi connectivity index (χ4v) is 5.03. The SMILES string of the molecule is CC(C)C(Oc1ccccc1C#N)C(=O)N1CCCN(S(=O)(=O)c2ccc(F)cc2)CC1. The van der Waals surface area contributed by atoms with Crippen molar-refractivity contribution in [1.29, 1.82) is 5.26 Å². The van der Waals surface area contributed by atoms with Crippen molar-refractivity contribution in [2.45, 2.75) is 31.3 Å². The number of carbonyl (C=O) groups is 1. The van der Waals surface area contributed by atoms with Gasteiger partial charge in [-0.2, -0.15) is 9.57 Å². The lowest BCUT2D eigenvalue weighted by Crippen LogP contribution is -2.46. The second kappa shape index (κ2) is 10.1. The molecule has 0 aliphatic carbocycles. The number of amides is 1. The summed E-state index contributed by atoms with van der Waals surface area (Å²) in [5.74, 6) is -0.558. The number of rotatable bonds is 6. The molecule has 1 saturated heterocycles. The molecule has 0 radical (unpaired) electrons. The molecule has 0 N–H and O–H groups in total. The molecule has 1 fully saturated rings. The predicted molar refractivity (Wildman–Crippen MR) is 117 cm³/mol. The minimum absolute atomic E-state index is 0.0233. The second-order valence-electron chi connectivity index (χ2n) is 7.93. The Hall–Kier alpha value is -2.96. The third-order valence-corrected chi connectivity index (χ3v) is 7.24. The van der Waals surface area contributed by atoms with Gasteiger partial charge in [0.05, 0.1) is 10.5 Å². The number of nitriles is 1. The summed E-state index contributed by atoms with van der Waals surface area (Å²) in [7, 11) is -3.78. The minimum atomic E-state index is -3.78. The van der Waals surface area contributed by atoms with Gasteiger partial charge >= 0.3 is 0 Å². The minimum Gasteiger partial charge on any atom is -0.479 e. The second-order valence-corrected chi connectivity index (χ2v) is 9.87. The van der Waals surface area contributed by atoms with Gasteiger partial charge in [0.1, 0.15) is 17.6 Å². The van der Waals surface area contributed by atoms with Gasteiger partial charge in [-0.25, -0.2) is 12.8 Å². The quantitative estimate of drug-likeness (QED) is 0.662. The first kappa shape index (κ1) is 23.7. The molecule has 2 aromatic rings. The van der Waals surface area contributed by atoms with Gasteiger partial charge in [-0.3, -0.25) is 4.79 Å². The van der Waals surface area contributed by atoms with Crippen LogP contribution in [0.3, 0.4) is 0 Å². The van der Waals surface area contributed by atoms with Gasteiger partial charge in [0.2, 0.25) is 10.0 Å². The molecule has 0 bridgehead atoms. The zero-order valence-corrected chi connectivity index (χ0v) is 18.9. The molecular formula is C23H26FN3O4S. The normalized spacial score (nSPS) is 16.3. The molecule has 7 nitrogen and oxygen atoms in total. The van der Waals surface area contributed by atoms with Crippen LogP contribution in [0.2, 0.25) is 0 Å². The standard InChI is InChI=1S/C23H26FN3O4S/c1-17(2)22(31-21-7-4-3-6-18(21)16-25)23(28)26-12-5-13-27(15-14-26)32(29,30)20-10-8-19(24)9-11-20/h3-4,6-11,17,22H,5,12-15H2,1-2H3. The van der Waals surface area contributed by atoms with Crippen molar-refractivity contribution in [2.24, 2.45) is 5.92 Å². The van der Waals surface area contributed by atoms with Crippen LogP contribution >= 0.6 is 0 Å². The lowest BCUT2D eigenvalue weighted by molar-refractivity contribution is -0.140. The van der Waals surface area contributed by atoms with Gasteiger partial charge in [-0.15, -0.1) is 0 Å². The molecule has 0 saturated carbocycles. The van der Waals surface area contributed by atoms with Crippen LogP contribution in [0.25, 0.3) is 0 Å². The first-order valence-corrected chi connectivity index (χ1v) is 11.9. The maximum absolute atomic E-state index is 13.3. The third-order valence-electron chi connectivity index (χ3n) is 5.33. The fraction of sp³-hybridized carbons (Fsp3) is 0.391. The van der Waals surface area contributed by atoms with E-state index in [1.165, 1.54) is 16.4 Å². The van der Waals surface area contributed by atoms with Gasteiger partial charge in [-0.05, 0) is 48.7 Å². The Labute approximate surface area is 188 Å². The Morgan fingerprint density at radius 3 is 2.41 bits per heavy atom. The summed E-state index contributed by atoms with van der Waals surface area (Å²) in [5, 5.41) is 9.30. The highest BCUT2D eigenvalue weighted by Crippen LogP contribution is 2.23. The van der Waals surface area contributed by atoms with Gasteiger partial charge in [-0.1, -0.05) is 26.0 Å². The average Bonchev–Trinajstić information content (AvgIpc) is 3.04. The molecule has 1 aliphatic rings. The number of halogens is 1. The summed E-state index contributed by atoms with van der Waals surface area (Å²) in [6.07, 6.45) is -0.337. The lowest BCUT2D eigenvalue weighted by atomic mass is 10.1. The summed E-state index contributed by atoms with van der Waals surface area (Å²) in [6.45, 7) is 4.72. The summed E-state index contributed by atoms with van der Waals surface area (Å²) < 4.78 is 46.3. The molecule has 0 spiro atoms. The first-order chi connectivity index (χ1) is 15.2. The van der Waals surface area contributed by atoms with Gasteiger partial charge in [0, 0.05) is 26.2 Å². The Morgan fingerprint density at radius 1 is 1.06 bits per heavy atom. The highest BCUT2D eigenvalue weighted by atomic mass is 32.2. The molecule has 1 amide bonds. The van der Waals surface area contributed by atoms with E-state index in [0.29, 0.717) is 24.3 Å². The Morgan fingerprint density at radius 2 is 1.75 bits per heavy atom. The number of hydrogen-bond acceptors (Lipinski definition) is 5. The number of nitrogens with zero attached hydrogens (tertiary/aromatic N) is 3. The number of sulfonamides is 1. The van der Waals surface area contributed by atoms with Crippen LogP contribution in [0.5, 0.6) is 5.75 Å². The maximum Gasteiger partial charge on any atom is 0.263 e. The van der Waals surface area contributed by atoms with Crippen LogP contribution in [-0.2, 0) is 14.8 Å². The maximum atomic E-state index is 13.3. The predicted octanol–water partition coefficient (Wildman–Crippen LogP) is 3.02. The molecule has 1 atom stereocenters. The van der Waals surface area contributed by atoms with Crippen molar-refractivity contribution in [3.8, 4) is 11.8 Å². The topological polar surface area (TPSA) is 90.7 Å². The van der Waals surface area contributed by atoms with Crippen LogP contribution in [0.1, 0.15) is 25.8 Å². The highest BCUT2D eigenvalue weighted by molar-refractivity contribution is 7.89. The molecule has 0 aromatic heterocycles. The highest BCUT2D eigenvalue weighted by Gasteiger charge is 2.33. The molecule has 170 valence electrons. The van der Waals surface area contributed by atoms with Crippen molar-refractivity contribution in [3.63, 3.8) is 0 Å². The van der Waals surface area contributed by atoms with Gasteiger partial charge in [0.15, 0.2) is 6.10 Å². The number of para-hydroxylation sites is 1. The summed E-state index contributed by atoms with van der Waals surface area (Å²) in [5.41, 5.74) is 0.346. The summed E-state index contributed by atoms with van der Waals surface area (Å²) in [4.78, 5) is 14.9. The smallest absolute Gasteiger partial charge is 0.263 e. The van der Waals surface area contributed by atoms with E-state index in [0.717, 1.165) is 12.1 Å². The van der Waals surface area contributed by atoms with Gasteiger partial charge < -0.3 is 9.64 Å². The van der Waals surface area contributed by atoms with Crippen LogP contribution in [-0.4, -0.2) is 55.8 Å². The van der Waals surface area contributed by atoms with E-state index in [1.807, 2.05) is 13.8 Å². The van der Waals surface area contributed by atoms with Crippen molar-refractivity contribution < 1.29 is 22.3 Å². The van der Waals surface area contributed by atoms with E-state index in [9.17, 15) is 22.9 Å². The lowest BCUT2D eigenvalue weighted by Gasteiger charge is -2.29. The molecule has 1 unspecified atom stereocenters. The van der Waals surface area contributed by atoms with Gasteiger partial charge in [0.25, 0.3) is 5.91 Å². The Kier molecular flexibility index (Phi) is 7.48. The molecular weight excluding hydrogens is 433 g/mol. The molecule has 2 aromatic carbocycles. The summed E-state index contributed by atoms with van der Waals surface area (Å²) >= 11 is 0. The first-order valence-electron chi connectivity index (χ1n) is 10.4. The molecule has 9 heteroatoms. The summed E-state index contributed by atoms with van der Waals surface area (Å²) in [6, 6.07) is 13.5. The zero-order valence-electron chi connectivity index (χ0n) is 18.1. The molecule has 32 heavy (non-hydrogen) atoms. The van der Waals surface area contributed by atoms with Crippen molar-refractivity contribution in [2.75, 3.05) is 26.2 Å². The van der Waals surface area contributed by atoms with Crippen molar-refractivity contribution >= 4 is 15.9 Å². The van der Waals surface area contributed by atoms with Crippen LogP contribution in [0, 0.1) is 23.1 Å². The largest absolute Gasteiger partial charge is 0.479 e. The average molecular weight is 460 g/mol. The number of hydrogen-bond donors (Lipinski definition) is 0. The van der Waals surface area contributed by atoms with E-state index in [-0.39, 0.29) is 36.4 Å². The van der Waals surface area contributed by atoms with Crippen LogP contribution in [0.4, 0.5) is 4.39 Å². The fourth-order valence-electron chi connectivity index (χ4n) is 3.56. The van der Waals surface area contributed by atoms with E-state index in [2.05, 4.69) is 6.07 Å². The molecule has 1 heterocycles. The van der Waals surface area contributed by atoms with Crippen LogP contribution < -0.4 is 4.74 Å². The monoisotopic (exact) mass is 459 g/mol. The molecule has 1 aliphatic heterocycles. The van der Waals surface area contributed by atoms with E-state index in [1.54, 1.807) is 29.2 Å². The van der Waals surface area contributed by atoms with E-state index < -0.39 is 21.9 Å². The number of benzene rings is 2.